The first-order valence-corrected chi connectivity index (χ1v) is 9.59. The molecule has 0 radical (unpaired) electrons. The standard InChI is InChI=1S/C22H22N4O4/c23-18-11-13(8-9-24-18)10-17-19(21(28)29)26(20(17)27)22(30)25-12-15-6-3-5-14-4-1-2-7-16(14)15/h1-9,11,17,19,22,25,30H,10,12H2,(H2,23,24)(H,28,29)/t17-,19+,22?/m1/s1. The molecular weight excluding hydrogens is 384 g/mol. The van der Waals surface area contributed by atoms with Gasteiger partial charge in [0.25, 0.3) is 0 Å². The summed E-state index contributed by atoms with van der Waals surface area (Å²) >= 11 is 0. The van der Waals surface area contributed by atoms with Crippen molar-refractivity contribution in [2.24, 2.45) is 5.92 Å². The smallest absolute Gasteiger partial charge is 0.327 e. The highest BCUT2D eigenvalue weighted by molar-refractivity contribution is 5.97. The van der Waals surface area contributed by atoms with Crippen LogP contribution in [0.25, 0.3) is 10.8 Å². The van der Waals surface area contributed by atoms with Gasteiger partial charge in [0.2, 0.25) is 5.91 Å². The summed E-state index contributed by atoms with van der Waals surface area (Å²) in [5, 5.41) is 25.1. The molecule has 0 bridgehead atoms. The Morgan fingerprint density at radius 1 is 1.20 bits per heavy atom. The van der Waals surface area contributed by atoms with E-state index in [2.05, 4.69) is 10.3 Å². The number of fused-ring (bicyclic) bond motifs is 1. The van der Waals surface area contributed by atoms with Crippen molar-refractivity contribution < 1.29 is 19.8 Å². The molecule has 1 amide bonds. The van der Waals surface area contributed by atoms with Gasteiger partial charge in [-0.25, -0.2) is 9.78 Å². The normalized spacial score (nSPS) is 19.5. The average molecular weight is 406 g/mol. The number of nitrogen functional groups attached to an aromatic ring is 1. The minimum absolute atomic E-state index is 0.217. The van der Waals surface area contributed by atoms with Gasteiger partial charge in [0.1, 0.15) is 11.9 Å². The summed E-state index contributed by atoms with van der Waals surface area (Å²) < 4.78 is 0. The van der Waals surface area contributed by atoms with Crippen LogP contribution in [-0.4, -0.2) is 44.4 Å². The second-order valence-electron chi connectivity index (χ2n) is 7.32. The van der Waals surface area contributed by atoms with E-state index >= 15 is 0 Å². The molecule has 2 aromatic carbocycles. The molecule has 1 saturated heterocycles. The van der Waals surface area contributed by atoms with Crippen LogP contribution in [0.2, 0.25) is 0 Å². The number of aliphatic hydroxyl groups is 1. The lowest BCUT2D eigenvalue weighted by Gasteiger charge is -2.47. The Morgan fingerprint density at radius 3 is 2.73 bits per heavy atom. The monoisotopic (exact) mass is 406 g/mol. The van der Waals surface area contributed by atoms with E-state index in [9.17, 15) is 19.8 Å². The Bertz CT molecular complexity index is 1100. The van der Waals surface area contributed by atoms with E-state index in [1.54, 1.807) is 12.1 Å². The summed E-state index contributed by atoms with van der Waals surface area (Å²) in [4.78, 5) is 29.3. The highest BCUT2D eigenvalue weighted by Crippen LogP contribution is 2.31. The number of carbonyl (C=O) groups excluding carboxylic acids is 1. The van der Waals surface area contributed by atoms with Gasteiger partial charge < -0.3 is 15.9 Å². The molecule has 8 nitrogen and oxygen atoms in total. The predicted octanol–water partition coefficient (Wildman–Crippen LogP) is 1.34. The van der Waals surface area contributed by atoms with Crippen molar-refractivity contribution in [3.05, 3.63) is 71.9 Å². The predicted molar refractivity (Wildman–Crippen MR) is 111 cm³/mol. The number of aliphatic hydroxyl groups excluding tert-OH is 1. The van der Waals surface area contributed by atoms with Crippen molar-refractivity contribution in [2.75, 3.05) is 5.73 Å². The molecule has 1 unspecified atom stereocenters. The zero-order chi connectivity index (χ0) is 21.3. The molecule has 2 heterocycles. The van der Waals surface area contributed by atoms with Gasteiger partial charge in [-0.05, 0) is 40.5 Å². The molecule has 8 heteroatoms. The quantitative estimate of drug-likeness (QED) is 0.344. The minimum Gasteiger partial charge on any atom is -0.480 e. The molecule has 3 aromatic rings. The molecule has 0 spiro atoms. The maximum atomic E-state index is 12.6. The molecule has 1 aliphatic rings. The third kappa shape index (κ3) is 3.70. The number of aliphatic carboxylic acids is 1. The topological polar surface area (TPSA) is 129 Å². The first kappa shape index (κ1) is 19.8. The summed E-state index contributed by atoms with van der Waals surface area (Å²) in [6.45, 7) is 0.282. The van der Waals surface area contributed by atoms with E-state index in [1.807, 2.05) is 42.5 Å². The number of amides is 1. The molecule has 0 aliphatic carbocycles. The second kappa shape index (κ2) is 8.10. The summed E-state index contributed by atoms with van der Waals surface area (Å²) in [5.41, 5.74) is 7.33. The molecule has 5 N–H and O–H groups in total. The van der Waals surface area contributed by atoms with E-state index in [-0.39, 0.29) is 13.0 Å². The van der Waals surface area contributed by atoms with Gasteiger partial charge in [0, 0.05) is 12.7 Å². The van der Waals surface area contributed by atoms with Crippen molar-refractivity contribution in [3.8, 4) is 0 Å². The molecule has 154 valence electrons. The van der Waals surface area contributed by atoms with Crippen LogP contribution in [0.15, 0.2) is 60.8 Å². The van der Waals surface area contributed by atoms with E-state index < -0.39 is 30.2 Å². The maximum absolute atomic E-state index is 12.6. The highest BCUT2D eigenvalue weighted by Gasteiger charge is 2.54. The number of aromatic nitrogens is 1. The number of rotatable bonds is 7. The Balaban J connectivity index is 1.46. The van der Waals surface area contributed by atoms with Gasteiger partial charge in [-0.2, -0.15) is 0 Å². The minimum atomic E-state index is -1.41. The summed E-state index contributed by atoms with van der Waals surface area (Å²) in [6.07, 6.45) is 0.327. The first-order chi connectivity index (χ1) is 14.5. The molecule has 1 fully saturated rings. The number of likely N-dealkylation sites (tertiary alicyclic amines) is 1. The summed E-state index contributed by atoms with van der Waals surface area (Å²) in [6, 6.07) is 15.9. The average Bonchev–Trinajstić information content (AvgIpc) is 2.73. The molecular formula is C22H22N4O4. The van der Waals surface area contributed by atoms with Crippen molar-refractivity contribution >= 4 is 28.5 Å². The number of pyridine rings is 1. The zero-order valence-electron chi connectivity index (χ0n) is 16.1. The SMILES string of the molecule is Nc1cc(C[C@H]2C(=O)N(C(O)NCc3cccc4ccccc34)[C@@H]2C(=O)O)ccn1. The Hall–Kier alpha value is -3.49. The number of anilines is 1. The van der Waals surface area contributed by atoms with Gasteiger partial charge in [0.15, 0.2) is 6.35 Å². The van der Waals surface area contributed by atoms with Crippen LogP contribution >= 0.6 is 0 Å². The number of carboxylic acid groups (broad SMARTS) is 1. The molecule has 4 rings (SSSR count). The number of carboxylic acids is 1. The van der Waals surface area contributed by atoms with Crippen molar-refractivity contribution in [3.63, 3.8) is 0 Å². The van der Waals surface area contributed by atoms with Crippen LogP contribution in [0.4, 0.5) is 5.82 Å². The lowest BCUT2D eigenvalue weighted by atomic mass is 9.82. The zero-order valence-corrected chi connectivity index (χ0v) is 16.1. The summed E-state index contributed by atoms with van der Waals surface area (Å²) in [5.74, 6) is -2.04. The number of benzene rings is 2. The maximum Gasteiger partial charge on any atom is 0.327 e. The molecule has 1 aromatic heterocycles. The Morgan fingerprint density at radius 2 is 1.97 bits per heavy atom. The fraction of sp³-hybridized carbons (Fsp3) is 0.227. The Kier molecular flexibility index (Phi) is 5.35. The van der Waals surface area contributed by atoms with Gasteiger partial charge in [-0.3, -0.25) is 15.0 Å². The largest absolute Gasteiger partial charge is 0.480 e. The summed E-state index contributed by atoms with van der Waals surface area (Å²) in [7, 11) is 0. The number of nitrogens with one attached hydrogen (secondary N) is 1. The van der Waals surface area contributed by atoms with E-state index in [4.69, 9.17) is 5.73 Å². The van der Waals surface area contributed by atoms with Crippen molar-refractivity contribution in [2.45, 2.75) is 25.4 Å². The second-order valence-corrected chi connectivity index (χ2v) is 7.32. The van der Waals surface area contributed by atoms with Gasteiger partial charge in [0.05, 0.1) is 5.92 Å². The van der Waals surface area contributed by atoms with Gasteiger partial charge in [-0.1, -0.05) is 42.5 Å². The number of β-lactam (4-membered cyclic amide) rings is 1. The number of nitrogens with two attached hydrogens (primary N) is 1. The number of nitrogens with zero attached hydrogens (tertiary/aromatic N) is 2. The molecule has 0 saturated carbocycles. The molecule has 3 atom stereocenters. The van der Waals surface area contributed by atoms with E-state index in [0.29, 0.717) is 5.82 Å². The van der Waals surface area contributed by atoms with E-state index in [1.165, 1.54) is 6.20 Å². The fourth-order valence-corrected chi connectivity index (χ4v) is 3.96. The number of carbonyl (C=O) groups is 2. The van der Waals surface area contributed by atoms with Crippen molar-refractivity contribution in [1.82, 2.24) is 15.2 Å². The van der Waals surface area contributed by atoms with E-state index in [0.717, 1.165) is 26.8 Å². The third-order valence-electron chi connectivity index (χ3n) is 5.43. The van der Waals surface area contributed by atoms with Crippen LogP contribution in [0.1, 0.15) is 11.1 Å². The third-order valence-corrected chi connectivity index (χ3v) is 5.43. The van der Waals surface area contributed by atoms with Crippen LogP contribution in [0.3, 0.4) is 0 Å². The van der Waals surface area contributed by atoms with Crippen LogP contribution in [-0.2, 0) is 22.6 Å². The fourth-order valence-electron chi connectivity index (χ4n) is 3.96. The number of hydrogen-bond acceptors (Lipinski definition) is 6. The molecule has 30 heavy (non-hydrogen) atoms. The van der Waals surface area contributed by atoms with Crippen molar-refractivity contribution in [1.29, 1.82) is 0 Å². The first-order valence-electron chi connectivity index (χ1n) is 9.59. The number of hydrogen-bond donors (Lipinski definition) is 4. The molecule has 1 aliphatic heterocycles. The van der Waals surface area contributed by atoms with Crippen LogP contribution < -0.4 is 11.1 Å². The van der Waals surface area contributed by atoms with Gasteiger partial charge in [-0.15, -0.1) is 0 Å². The van der Waals surface area contributed by atoms with Crippen LogP contribution in [0, 0.1) is 5.92 Å². The highest BCUT2D eigenvalue weighted by atomic mass is 16.4. The Labute approximate surface area is 172 Å². The lowest BCUT2D eigenvalue weighted by molar-refractivity contribution is -0.190. The van der Waals surface area contributed by atoms with Gasteiger partial charge >= 0.3 is 5.97 Å². The van der Waals surface area contributed by atoms with Crippen LogP contribution in [0.5, 0.6) is 0 Å². The lowest BCUT2D eigenvalue weighted by Crippen LogP contribution is -2.70.